The maximum Gasteiger partial charge on any atom is 0.0541 e. The van der Waals surface area contributed by atoms with E-state index in [0.29, 0.717) is 0 Å². The normalized spacial score (nSPS) is 11.2. The van der Waals surface area contributed by atoms with Crippen LogP contribution < -0.4 is 5.73 Å². The standard InChI is InChI=1S/C30H22N2/c31-23-16-17-25(27(20-23)21-9-3-1-4-10-21)22-15-18-30-28(19-22)26-13-7-8-14-29(26)32(30)24-11-5-2-6-12-24/h1-20H,31H2. The minimum Gasteiger partial charge on any atom is -0.399 e. The van der Waals surface area contributed by atoms with E-state index in [1.807, 2.05) is 12.1 Å². The summed E-state index contributed by atoms with van der Waals surface area (Å²) in [5.41, 5.74) is 15.2. The average molecular weight is 411 g/mol. The second-order valence-corrected chi connectivity index (χ2v) is 8.09. The SMILES string of the molecule is Nc1ccc(-c2ccc3c(c2)c2ccccc2n3-c2ccccc2)c(-c2ccccc2)c1. The Kier molecular flexibility index (Phi) is 4.29. The fraction of sp³-hybridized carbons (Fsp3) is 0. The summed E-state index contributed by atoms with van der Waals surface area (Å²) in [5, 5.41) is 2.50. The molecule has 5 aromatic carbocycles. The van der Waals surface area contributed by atoms with Crippen LogP contribution in [-0.2, 0) is 0 Å². The summed E-state index contributed by atoms with van der Waals surface area (Å²) in [7, 11) is 0. The molecule has 152 valence electrons. The van der Waals surface area contributed by atoms with E-state index in [0.717, 1.165) is 11.3 Å². The van der Waals surface area contributed by atoms with E-state index < -0.39 is 0 Å². The number of benzene rings is 5. The Morgan fingerprint density at radius 3 is 1.97 bits per heavy atom. The Bertz CT molecular complexity index is 1560. The molecule has 2 N–H and O–H groups in total. The molecule has 0 atom stereocenters. The first kappa shape index (κ1) is 18.5. The largest absolute Gasteiger partial charge is 0.399 e. The van der Waals surface area contributed by atoms with Gasteiger partial charge in [0.25, 0.3) is 0 Å². The third-order valence-corrected chi connectivity index (χ3v) is 6.13. The topological polar surface area (TPSA) is 30.9 Å². The molecule has 1 heterocycles. The molecule has 0 amide bonds. The molecule has 0 aliphatic carbocycles. The van der Waals surface area contributed by atoms with E-state index >= 15 is 0 Å². The number of hydrogen-bond acceptors (Lipinski definition) is 1. The fourth-order valence-electron chi connectivity index (χ4n) is 4.67. The second-order valence-electron chi connectivity index (χ2n) is 8.09. The van der Waals surface area contributed by atoms with Gasteiger partial charge in [-0.15, -0.1) is 0 Å². The van der Waals surface area contributed by atoms with Gasteiger partial charge >= 0.3 is 0 Å². The predicted octanol–water partition coefficient (Wildman–Crippen LogP) is 7.70. The number of anilines is 1. The van der Waals surface area contributed by atoms with Crippen molar-refractivity contribution in [3.05, 3.63) is 121 Å². The highest BCUT2D eigenvalue weighted by Crippen LogP contribution is 2.38. The molecule has 32 heavy (non-hydrogen) atoms. The van der Waals surface area contributed by atoms with Crippen LogP contribution in [0.15, 0.2) is 121 Å². The van der Waals surface area contributed by atoms with Crippen LogP contribution in [0.3, 0.4) is 0 Å². The Morgan fingerprint density at radius 2 is 1.16 bits per heavy atom. The predicted molar refractivity (Wildman–Crippen MR) is 136 cm³/mol. The summed E-state index contributed by atoms with van der Waals surface area (Å²) in [4.78, 5) is 0. The molecular formula is C30H22N2. The number of hydrogen-bond donors (Lipinski definition) is 1. The number of nitrogens with two attached hydrogens (primary N) is 1. The monoisotopic (exact) mass is 410 g/mol. The first-order chi connectivity index (χ1) is 15.8. The lowest BCUT2D eigenvalue weighted by molar-refractivity contribution is 1.18. The van der Waals surface area contributed by atoms with Crippen LogP contribution in [0.5, 0.6) is 0 Å². The van der Waals surface area contributed by atoms with Crippen LogP contribution in [0.1, 0.15) is 0 Å². The van der Waals surface area contributed by atoms with Crippen molar-refractivity contribution in [2.24, 2.45) is 0 Å². The van der Waals surface area contributed by atoms with Gasteiger partial charge in [-0.2, -0.15) is 0 Å². The van der Waals surface area contributed by atoms with Gasteiger partial charge in [0.15, 0.2) is 0 Å². The molecule has 0 aliphatic heterocycles. The molecule has 0 saturated heterocycles. The van der Waals surface area contributed by atoms with Gasteiger partial charge in [0, 0.05) is 22.1 Å². The van der Waals surface area contributed by atoms with Crippen LogP contribution in [0, 0.1) is 0 Å². The minimum absolute atomic E-state index is 0.773. The number of nitrogen functional groups attached to an aromatic ring is 1. The zero-order valence-corrected chi connectivity index (χ0v) is 17.6. The van der Waals surface area contributed by atoms with E-state index in [4.69, 9.17) is 5.73 Å². The Labute approximate surface area is 187 Å². The van der Waals surface area contributed by atoms with E-state index in [1.54, 1.807) is 0 Å². The first-order valence-corrected chi connectivity index (χ1v) is 10.8. The molecule has 6 aromatic rings. The van der Waals surface area contributed by atoms with Gasteiger partial charge in [-0.25, -0.2) is 0 Å². The van der Waals surface area contributed by atoms with Gasteiger partial charge in [-0.05, 0) is 64.7 Å². The van der Waals surface area contributed by atoms with E-state index in [2.05, 4.69) is 114 Å². The zero-order valence-electron chi connectivity index (χ0n) is 17.6. The van der Waals surface area contributed by atoms with Crippen molar-refractivity contribution in [3.63, 3.8) is 0 Å². The molecule has 0 bridgehead atoms. The second kappa shape index (κ2) is 7.44. The van der Waals surface area contributed by atoms with Gasteiger partial charge < -0.3 is 10.3 Å². The Hall–Kier alpha value is -4.30. The molecule has 0 radical (unpaired) electrons. The number of para-hydroxylation sites is 2. The van der Waals surface area contributed by atoms with Gasteiger partial charge in [0.2, 0.25) is 0 Å². The minimum atomic E-state index is 0.773. The van der Waals surface area contributed by atoms with Crippen molar-refractivity contribution in [3.8, 4) is 27.9 Å². The first-order valence-electron chi connectivity index (χ1n) is 10.8. The average Bonchev–Trinajstić information content (AvgIpc) is 3.19. The zero-order chi connectivity index (χ0) is 21.5. The number of nitrogens with zero attached hydrogens (tertiary/aromatic N) is 1. The molecule has 1 aromatic heterocycles. The lowest BCUT2D eigenvalue weighted by Gasteiger charge is -2.12. The molecule has 0 fully saturated rings. The molecule has 0 saturated carbocycles. The molecule has 2 heteroatoms. The lowest BCUT2D eigenvalue weighted by Crippen LogP contribution is -1.93. The number of aromatic nitrogens is 1. The number of rotatable bonds is 3. The van der Waals surface area contributed by atoms with Crippen molar-refractivity contribution in [1.29, 1.82) is 0 Å². The maximum atomic E-state index is 6.17. The molecule has 0 aliphatic rings. The van der Waals surface area contributed by atoms with Gasteiger partial charge in [0.1, 0.15) is 0 Å². The van der Waals surface area contributed by atoms with Crippen LogP contribution in [0.4, 0.5) is 5.69 Å². The Balaban J connectivity index is 1.63. The van der Waals surface area contributed by atoms with E-state index in [-0.39, 0.29) is 0 Å². The van der Waals surface area contributed by atoms with Crippen molar-refractivity contribution < 1.29 is 0 Å². The summed E-state index contributed by atoms with van der Waals surface area (Å²) < 4.78 is 2.34. The van der Waals surface area contributed by atoms with Crippen molar-refractivity contribution in [1.82, 2.24) is 4.57 Å². The third-order valence-electron chi connectivity index (χ3n) is 6.13. The smallest absolute Gasteiger partial charge is 0.0541 e. The van der Waals surface area contributed by atoms with Crippen molar-refractivity contribution in [2.45, 2.75) is 0 Å². The highest BCUT2D eigenvalue weighted by molar-refractivity contribution is 6.10. The molecule has 6 rings (SSSR count). The lowest BCUT2D eigenvalue weighted by atomic mass is 9.93. The summed E-state index contributed by atoms with van der Waals surface area (Å²) in [5.74, 6) is 0. The summed E-state index contributed by atoms with van der Waals surface area (Å²) >= 11 is 0. The number of fused-ring (bicyclic) bond motifs is 3. The van der Waals surface area contributed by atoms with Crippen LogP contribution in [0.25, 0.3) is 49.7 Å². The maximum absolute atomic E-state index is 6.17. The van der Waals surface area contributed by atoms with E-state index in [9.17, 15) is 0 Å². The molecular weight excluding hydrogens is 388 g/mol. The summed E-state index contributed by atoms with van der Waals surface area (Å²) in [6.07, 6.45) is 0. The Morgan fingerprint density at radius 1 is 0.469 bits per heavy atom. The van der Waals surface area contributed by atoms with Gasteiger partial charge in [-0.3, -0.25) is 0 Å². The fourth-order valence-corrected chi connectivity index (χ4v) is 4.67. The molecule has 0 spiro atoms. The van der Waals surface area contributed by atoms with Crippen LogP contribution in [-0.4, -0.2) is 4.57 Å². The van der Waals surface area contributed by atoms with Crippen molar-refractivity contribution >= 4 is 27.5 Å². The van der Waals surface area contributed by atoms with E-state index in [1.165, 1.54) is 44.2 Å². The van der Waals surface area contributed by atoms with Crippen LogP contribution in [0.2, 0.25) is 0 Å². The highest BCUT2D eigenvalue weighted by Gasteiger charge is 2.14. The van der Waals surface area contributed by atoms with Gasteiger partial charge in [0.05, 0.1) is 11.0 Å². The van der Waals surface area contributed by atoms with Crippen molar-refractivity contribution in [2.75, 3.05) is 5.73 Å². The summed E-state index contributed by atoms with van der Waals surface area (Å²) in [6, 6.07) is 42.6. The summed E-state index contributed by atoms with van der Waals surface area (Å²) in [6.45, 7) is 0. The molecule has 0 unspecified atom stereocenters. The van der Waals surface area contributed by atoms with Gasteiger partial charge in [-0.1, -0.05) is 78.9 Å². The van der Waals surface area contributed by atoms with Crippen LogP contribution >= 0.6 is 0 Å². The highest BCUT2D eigenvalue weighted by atomic mass is 15.0. The third kappa shape index (κ3) is 2.97. The quantitative estimate of drug-likeness (QED) is 0.298. The molecule has 2 nitrogen and oxygen atoms in total.